The van der Waals surface area contributed by atoms with E-state index in [0.29, 0.717) is 11.5 Å². The van der Waals surface area contributed by atoms with Gasteiger partial charge in [-0.2, -0.15) is 0 Å². The van der Waals surface area contributed by atoms with Crippen molar-refractivity contribution >= 4 is 17.5 Å². The topological polar surface area (TPSA) is 61.4 Å². The Morgan fingerprint density at radius 2 is 1.70 bits per heavy atom. The molecule has 0 saturated carbocycles. The highest BCUT2D eigenvalue weighted by molar-refractivity contribution is 5.93. The van der Waals surface area contributed by atoms with Crippen LogP contribution in [0.2, 0.25) is 0 Å². The monoisotopic (exact) mass is 367 g/mol. The van der Waals surface area contributed by atoms with Crippen LogP contribution in [0.1, 0.15) is 43.6 Å². The van der Waals surface area contributed by atoms with Gasteiger partial charge in [0.1, 0.15) is 0 Å². The number of rotatable bonds is 4. The Balaban J connectivity index is 1.69. The maximum absolute atomic E-state index is 12.7. The van der Waals surface area contributed by atoms with Crippen molar-refractivity contribution in [3.8, 4) is 0 Å². The molecule has 0 bridgehead atoms. The Kier molecular flexibility index (Phi) is 5.75. The summed E-state index contributed by atoms with van der Waals surface area (Å²) >= 11 is 0. The molecule has 0 atom stereocenters. The molecule has 1 aromatic carbocycles. The minimum atomic E-state index is 0.00685. The summed E-state index contributed by atoms with van der Waals surface area (Å²) in [5, 5.41) is 3.28. The number of piperazine rings is 1. The van der Waals surface area contributed by atoms with E-state index in [1.807, 2.05) is 23.1 Å². The molecule has 1 aliphatic heterocycles. The first-order valence-electron chi connectivity index (χ1n) is 9.58. The van der Waals surface area contributed by atoms with Crippen molar-refractivity contribution in [1.82, 2.24) is 19.8 Å². The van der Waals surface area contributed by atoms with Gasteiger partial charge in [-0.3, -0.25) is 4.79 Å². The zero-order valence-electron chi connectivity index (χ0n) is 16.7. The Morgan fingerprint density at radius 1 is 1.07 bits per heavy atom. The fourth-order valence-corrected chi connectivity index (χ4v) is 3.32. The van der Waals surface area contributed by atoms with Crippen LogP contribution in [0.25, 0.3) is 0 Å². The van der Waals surface area contributed by atoms with E-state index in [9.17, 15) is 4.79 Å². The van der Waals surface area contributed by atoms with Gasteiger partial charge in [0, 0.05) is 44.3 Å². The molecule has 1 N–H and O–H groups in total. The van der Waals surface area contributed by atoms with Crippen LogP contribution in [0, 0.1) is 0 Å². The van der Waals surface area contributed by atoms with Gasteiger partial charge in [0.15, 0.2) is 0 Å². The van der Waals surface area contributed by atoms with Crippen molar-refractivity contribution in [3.05, 3.63) is 47.8 Å². The predicted molar refractivity (Wildman–Crippen MR) is 108 cm³/mol. The molecule has 0 aliphatic carbocycles. The van der Waals surface area contributed by atoms with Gasteiger partial charge in [-0.05, 0) is 23.6 Å². The lowest BCUT2D eigenvalue weighted by Gasteiger charge is -2.33. The number of para-hydroxylation sites is 1. The van der Waals surface area contributed by atoms with Crippen LogP contribution in [0.3, 0.4) is 0 Å². The van der Waals surface area contributed by atoms with Crippen molar-refractivity contribution < 1.29 is 4.79 Å². The van der Waals surface area contributed by atoms with Crippen LogP contribution in [0.15, 0.2) is 36.7 Å². The molecular formula is C21H29N5O. The molecular weight excluding hydrogens is 338 g/mol. The van der Waals surface area contributed by atoms with Gasteiger partial charge >= 0.3 is 0 Å². The summed E-state index contributed by atoms with van der Waals surface area (Å²) in [6.45, 7) is 13.1. The SMILES string of the molecule is CCN1CCN(C(=O)c2cnc(Nc3ccccc3C(C)(C)C)nc2)CC1. The molecule has 1 fully saturated rings. The van der Waals surface area contributed by atoms with Crippen LogP contribution in [0.4, 0.5) is 11.6 Å². The van der Waals surface area contributed by atoms with Crippen molar-refractivity contribution in [2.75, 3.05) is 38.0 Å². The first-order chi connectivity index (χ1) is 12.9. The van der Waals surface area contributed by atoms with Crippen LogP contribution in [0.5, 0.6) is 0 Å². The lowest BCUT2D eigenvalue weighted by Crippen LogP contribution is -2.48. The normalized spacial score (nSPS) is 15.6. The van der Waals surface area contributed by atoms with E-state index < -0.39 is 0 Å². The Labute approximate surface area is 161 Å². The standard InChI is InChI=1S/C21H29N5O/c1-5-25-10-12-26(13-11-25)19(27)16-14-22-20(23-15-16)24-18-9-7-6-8-17(18)21(2,3)4/h6-9,14-15H,5,10-13H2,1-4H3,(H,22,23,24). The van der Waals surface area contributed by atoms with Gasteiger partial charge in [0.2, 0.25) is 5.95 Å². The Bertz CT molecular complexity index is 774. The second-order valence-corrected chi connectivity index (χ2v) is 7.94. The minimum absolute atomic E-state index is 0.00685. The molecule has 1 aliphatic rings. The Hall–Kier alpha value is -2.47. The van der Waals surface area contributed by atoms with Crippen molar-refractivity contribution in [2.45, 2.75) is 33.1 Å². The fourth-order valence-electron chi connectivity index (χ4n) is 3.32. The number of nitrogens with zero attached hydrogens (tertiary/aromatic N) is 4. The summed E-state index contributed by atoms with van der Waals surface area (Å²) in [4.78, 5) is 25.6. The fraction of sp³-hybridized carbons (Fsp3) is 0.476. The largest absolute Gasteiger partial charge is 0.336 e. The Morgan fingerprint density at radius 3 is 2.30 bits per heavy atom. The molecule has 1 aromatic heterocycles. The third kappa shape index (κ3) is 4.63. The van der Waals surface area contributed by atoms with Crippen molar-refractivity contribution in [2.24, 2.45) is 0 Å². The molecule has 6 nitrogen and oxygen atoms in total. The molecule has 1 amide bonds. The summed E-state index contributed by atoms with van der Waals surface area (Å²) in [6.07, 6.45) is 3.23. The highest BCUT2D eigenvalue weighted by Gasteiger charge is 2.22. The molecule has 2 heterocycles. The highest BCUT2D eigenvalue weighted by Crippen LogP contribution is 2.30. The quantitative estimate of drug-likeness (QED) is 0.898. The second-order valence-electron chi connectivity index (χ2n) is 7.94. The number of likely N-dealkylation sites (N-methyl/N-ethyl adjacent to an activating group) is 1. The molecule has 27 heavy (non-hydrogen) atoms. The summed E-state index contributed by atoms with van der Waals surface area (Å²) in [5.41, 5.74) is 2.73. The van der Waals surface area contributed by atoms with Crippen molar-refractivity contribution in [1.29, 1.82) is 0 Å². The zero-order valence-corrected chi connectivity index (χ0v) is 16.7. The van der Waals surface area contributed by atoms with E-state index in [1.165, 1.54) is 5.56 Å². The number of benzene rings is 1. The lowest BCUT2D eigenvalue weighted by atomic mass is 9.86. The number of amides is 1. The average Bonchev–Trinajstić information content (AvgIpc) is 2.68. The van der Waals surface area contributed by atoms with Gasteiger partial charge in [-0.15, -0.1) is 0 Å². The van der Waals surface area contributed by atoms with E-state index >= 15 is 0 Å². The molecule has 2 aromatic rings. The number of carbonyl (C=O) groups excluding carboxylic acids is 1. The number of hydrogen-bond acceptors (Lipinski definition) is 5. The zero-order chi connectivity index (χ0) is 19.4. The van der Waals surface area contributed by atoms with E-state index in [0.717, 1.165) is 38.4 Å². The number of hydrogen-bond donors (Lipinski definition) is 1. The predicted octanol–water partition coefficient (Wildman–Crippen LogP) is 3.30. The average molecular weight is 367 g/mol. The molecule has 6 heteroatoms. The van der Waals surface area contributed by atoms with Gasteiger partial charge in [-0.1, -0.05) is 45.9 Å². The molecule has 0 spiro atoms. The maximum atomic E-state index is 12.7. The van der Waals surface area contributed by atoms with E-state index in [2.05, 4.69) is 53.9 Å². The van der Waals surface area contributed by atoms with Gasteiger partial charge in [0.05, 0.1) is 5.56 Å². The third-order valence-corrected chi connectivity index (χ3v) is 4.99. The van der Waals surface area contributed by atoms with Crippen LogP contribution >= 0.6 is 0 Å². The van der Waals surface area contributed by atoms with Gasteiger partial charge in [0.25, 0.3) is 5.91 Å². The number of carbonyl (C=O) groups is 1. The third-order valence-electron chi connectivity index (χ3n) is 4.99. The van der Waals surface area contributed by atoms with E-state index in [-0.39, 0.29) is 11.3 Å². The van der Waals surface area contributed by atoms with Crippen LogP contribution in [-0.2, 0) is 5.41 Å². The summed E-state index contributed by atoms with van der Waals surface area (Å²) in [5.74, 6) is 0.506. The second kappa shape index (κ2) is 8.05. The molecule has 0 unspecified atom stereocenters. The molecule has 3 rings (SSSR count). The van der Waals surface area contributed by atoms with E-state index in [1.54, 1.807) is 12.4 Å². The first-order valence-corrected chi connectivity index (χ1v) is 9.58. The van der Waals surface area contributed by atoms with E-state index in [4.69, 9.17) is 0 Å². The van der Waals surface area contributed by atoms with Gasteiger partial charge in [-0.25, -0.2) is 9.97 Å². The summed E-state index contributed by atoms with van der Waals surface area (Å²) in [6, 6.07) is 8.16. The number of nitrogens with one attached hydrogen (secondary N) is 1. The summed E-state index contributed by atoms with van der Waals surface area (Å²) < 4.78 is 0. The van der Waals surface area contributed by atoms with Crippen LogP contribution < -0.4 is 5.32 Å². The highest BCUT2D eigenvalue weighted by atomic mass is 16.2. The smallest absolute Gasteiger partial charge is 0.257 e. The minimum Gasteiger partial charge on any atom is -0.336 e. The number of anilines is 2. The molecule has 144 valence electrons. The molecule has 0 radical (unpaired) electrons. The van der Waals surface area contributed by atoms with Crippen LogP contribution in [-0.4, -0.2) is 58.4 Å². The summed E-state index contributed by atoms with van der Waals surface area (Å²) in [7, 11) is 0. The maximum Gasteiger partial charge on any atom is 0.257 e. The first kappa shape index (κ1) is 19.3. The molecule has 1 saturated heterocycles. The van der Waals surface area contributed by atoms with Gasteiger partial charge < -0.3 is 15.1 Å². The van der Waals surface area contributed by atoms with Crippen molar-refractivity contribution in [3.63, 3.8) is 0 Å². The lowest BCUT2D eigenvalue weighted by molar-refractivity contribution is 0.0642. The number of aromatic nitrogens is 2.